The molecule has 0 aliphatic rings. The molecule has 2 rings (SSSR count). The Morgan fingerprint density at radius 2 is 1.88 bits per heavy atom. The van der Waals surface area contributed by atoms with E-state index in [9.17, 15) is 4.79 Å². The Labute approximate surface area is 141 Å². The molecule has 24 heavy (non-hydrogen) atoms. The van der Waals surface area contributed by atoms with Gasteiger partial charge in [-0.05, 0) is 37.4 Å². The largest absolute Gasteiger partial charge is 0.323 e. The number of nitrogens with zero attached hydrogens (tertiary/aromatic N) is 4. The Kier molecular flexibility index (Phi) is 6.34. The molecule has 2 amide bonds. The molecule has 0 unspecified atom stereocenters. The van der Waals surface area contributed by atoms with Gasteiger partial charge < -0.3 is 15.5 Å². The molecule has 7 heteroatoms. The fourth-order valence-corrected chi connectivity index (χ4v) is 2.26. The molecule has 0 bridgehead atoms. The van der Waals surface area contributed by atoms with Gasteiger partial charge >= 0.3 is 6.03 Å². The van der Waals surface area contributed by atoms with E-state index in [4.69, 9.17) is 5.26 Å². The van der Waals surface area contributed by atoms with Gasteiger partial charge in [0.2, 0.25) is 0 Å². The SMILES string of the molecule is CCN(CC)CCn1cc(NC(=O)Nc2ccc(C#N)cc2)cn1. The summed E-state index contributed by atoms with van der Waals surface area (Å²) in [5.74, 6) is 0. The zero-order valence-corrected chi connectivity index (χ0v) is 14.0. The van der Waals surface area contributed by atoms with Crippen molar-refractivity contribution in [3.63, 3.8) is 0 Å². The van der Waals surface area contributed by atoms with E-state index in [0.29, 0.717) is 16.9 Å². The van der Waals surface area contributed by atoms with Crippen LogP contribution in [-0.2, 0) is 6.54 Å². The van der Waals surface area contributed by atoms with Crippen molar-refractivity contribution >= 4 is 17.4 Å². The normalized spacial score (nSPS) is 10.4. The quantitative estimate of drug-likeness (QED) is 0.819. The van der Waals surface area contributed by atoms with Crippen LogP contribution in [-0.4, -0.2) is 40.3 Å². The number of urea groups is 1. The van der Waals surface area contributed by atoms with Crippen LogP contribution in [0.25, 0.3) is 0 Å². The number of aromatic nitrogens is 2. The summed E-state index contributed by atoms with van der Waals surface area (Å²) >= 11 is 0. The number of hydrogen-bond acceptors (Lipinski definition) is 4. The molecule has 1 aromatic heterocycles. The van der Waals surface area contributed by atoms with Crippen LogP contribution in [0.2, 0.25) is 0 Å². The van der Waals surface area contributed by atoms with E-state index in [1.54, 1.807) is 30.5 Å². The van der Waals surface area contributed by atoms with Crippen molar-refractivity contribution in [3.05, 3.63) is 42.2 Å². The van der Waals surface area contributed by atoms with Crippen LogP contribution in [0.1, 0.15) is 19.4 Å². The number of carbonyl (C=O) groups is 1. The van der Waals surface area contributed by atoms with Gasteiger partial charge in [0.15, 0.2) is 0 Å². The Bertz CT molecular complexity index is 697. The van der Waals surface area contributed by atoms with Gasteiger partial charge in [0.05, 0.1) is 30.1 Å². The third kappa shape index (κ3) is 5.11. The highest BCUT2D eigenvalue weighted by molar-refractivity contribution is 5.99. The van der Waals surface area contributed by atoms with Crippen LogP contribution >= 0.6 is 0 Å². The number of benzene rings is 1. The minimum atomic E-state index is -0.344. The van der Waals surface area contributed by atoms with Crippen molar-refractivity contribution in [2.24, 2.45) is 0 Å². The van der Waals surface area contributed by atoms with Crippen molar-refractivity contribution < 1.29 is 4.79 Å². The topological polar surface area (TPSA) is 86.0 Å². The zero-order valence-electron chi connectivity index (χ0n) is 14.0. The van der Waals surface area contributed by atoms with Crippen molar-refractivity contribution in [2.45, 2.75) is 20.4 Å². The lowest BCUT2D eigenvalue weighted by molar-refractivity contribution is 0.262. The summed E-state index contributed by atoms with van der Waals surface area (Å²) in [6.45, 7) is 7.98. The summed E-state index contributed by atoms with van der Waals surface area (Å²) in [4.78, 5) is 14.3. The maximum absolute atomic E-state index is 12.0. The second kappa shape index (κ2) is 8.70. The number of nitrogens with one attached hydrogen (secondary N) is 2. The van der Waals surface area contributed by atoms with Gasteiger partial charge in [-0.2, -0.15) is 10.4 Å². The fraction of sp³-hybridized carbons (Fsp3) is 0.353. The van der Waals surface area contributed by atoms with Gasteiger partial charge in [-0.3, -0.25) is 4.68 Å². The van der Waals surface area contributed by atoms with Crippen LogP contribution in [0.5, 0.6) is 0 Å². The average molecular weight is 326 g/mol. The molecular formula is C17H22N6O. The lowest BCUT2D eigenvalue weighted by atomic mass is 10.2. The van der Waals surface area contributed by atoms with Gasteiger partial charge in [0.1, 0.15) is 0 Å². The van der Waals surface area contributed by atoms with E-state index in [2.05, 4.69) is 34.5 Å². The lowest BCUT2D eigenvalue weighted by Gasteiger charge is -2.17. The molecule has 0 saturated heterocycles. The van der Waals surface area contributed by atoms with Crippen LogP contribution in [0.15, 0.2) is 36.7 Å². The zero-order chi connectivity index (χ0) is 17.4. The highest BCUT2D eigenvalue weighted by Gasteiger charge is 2.06. The lowest BCUT2D eigenvalue weighted by Crippen LogP contribution is -2.27. The Balaban J connectivity index is 1.84. The first-order chi connectivity index (χ1) is 11.6. The molecule has 0 fully saturated rings. The molecule has 7 nitrogen and oxygen atoms in total. The van der Waals surface area contributed by atoms with Crippen molar-refractivity contribution in [1.82, 2.24) is 14.7 Å². The van der Waals surface area contributed by atoms with Crippen LogP contribution in [0, 0.1) is 11.3 Å². The third-order valence-corrected chi connectivity index (χ3v) is 3.70. The first-order valence-electron chi connectivity index (χ1n) is 7.97. The Hall–Kier alpha value is -2.85. The fourth-order valence-electron chi connectivity index (χ4n) is 2.26. The van der Waals surface area contributed by atoms with Crippen molar-refractivity contribution in [3.8, 4) is 6.07 Å². The van der Waals surface area contributed by atoms with E-state index in [1.807, 2.05) is 16.9 Å². The smallest absolute Gasteiger partial charge is 0.308 e. The summed E-state index contributed by atoms with van der Waals surface area (Å²) in [6.07, 6.45) is 3.43. The second-order valence-corrected chi connectivity index (χ2v) is 5.29. The number of rotatable bonds is 7. The predicted molar refractivity (Wildman–Crippen MR) is 93.8 cm³/mol. The minimum absolute atomic E-state index is 0.344. The van der Waals surface area contributed by atoms with E-state index in [0.717, 1.165) is 26.2 Å². The third-order valence-electron chi connectivity index (χ3n) is 3.70. The van der Waals surface area contributed by atoms with E-state index in [1.165, 1.54) is 0 Å². The standard InChI is InChI=1S/C17H22N6O/c1-3-22(4-2)9-10-23-13-16(12-19-23)21-17(24)20-15-7-5-14(11-18)6-8-15/h5-8,12-13H,3-4,9-10H2,1-2H3,(H2,20,21,24). The summed E-state index contributed by atoms with van der Waals surface area (Å²) in [6, 6.07) is 8.37. The van der Waals surface area contributed by atoms with Gasteiger partial charge in [-0.1, -0.05) is 13.8 Å². The summed E-state index contributed by atoms with van der Waals surface area (Å²) in [5.41, 5.74) is 1.82. The molecule has 0 radical (unpaired) electrons. The monoisotopic (exact) mass is 326 g/mol. The first kappa shape index (κ1) is 17.5. The molecule has 0 saturated carbocycles. The average Bonchev–Trinajstić information content (AvgIpc) is 3.03. The molecular weight excluding hydrogens is 304 g/mol. The molecule has 126 valence electrons. The maximum Gasteiger partial charge on any atom is 0.323 e. The van der Waals surface area contributed by atoms with Gasteiger partial charge in [0, 0.05) is 18.4 Å². The van der Waals surface area contributed by atoms with E-state index < -0.39 is 0 Å². The highest BCUT2D eigenvalue weighted by atomic mass is 16.2. The summed E-state index contributed by atoms with van der Waals surface area (Å²) in [5, 5.41) is 18.5. The van der Waals surface area contributed by atoms with Crippen LogP contribution in [0.4, 0.5) is 16.2 Å². The van der Waals surface area contributed by atoms with Crippen molar-refractivity contribution in [1.29, 1.82) is 5.26 Å². The minimum Gasteiger partial charge on any atom is -0.308 e. The Morgan fingerprint density at radius 1 is 1.21 bits per heavy atom. The molecule has 0 aliphatic heterocycles. The number of hydrogen-bond donors (Lipinski definition) is 2. The van der Waals surface area contributed by atoms with Crippen molar-refractivity contribution in [2.75, 3.05) is 30.3 Å². The summed E-state index contributed by atoms with van der Waals surface area (Å²) in [7, 11) is 0. The number of anilines is 2. The maximum atomic E-state index is 12.0. The summed E-state index contributed by atoms with van der Waals surface area (Å²) < 4.78 is 1.82. The number of likely N-dealkylation sites (N-methyl/N-ethyl adjacent to an activating group) is 1. The van der Waals surface area contributed by atoms with Gasteiger partial charge in [-0.15, -0.1) is 0 Å². The second-order valence-electron chi connectivity index (χ2n) is 5.29. The molecule has 0 spiro atoms. The van der Waals surface area contributed by atoms with Crippen LogP contribution in [0.3, 0.4) is 0 Å². The number of amides is 2. The first-order valence-corrected chi connectivity index (χ1v) is 7.97. The van der Waals surface area contributed by atoms with Gasteiger partial charge in [0.25, 0.3) is 0 Å². The van der Waals surface area contributed by atoms with Gasteiger partial charge in [-0.25, -0.2) is 4.79 Å². The molecule has 1 aromatic carbocycles. The van der Waals surface area contributed by atoms with E-state index in [-0.39, 0.29) is 6.03 Å². The molecule has 1 heterocycles. The number of carbonyl (C=O) groups excluding carboxylic acids is 1. The highest BCUT2D eigenvalue weighted by Crippen LogP contribution is 2.10. The predicted octanol–water partition coefficient (Wildman–Crippen LogP) is 2.74. The van der Waals surface area contributed by atoms with E-state index >= 15 is 0 Å². The molecule has 2 aromatic rings. The molecule has 0 atom stereocenters. The van der Waals surface area contributed by atoms with Crippen LogP contribution < -0.4 is 10.6 Å². The number of nitriles is 1. The molecule has 0 aliphatic carbocycles. The Morgan fingerprint density at radius 3 is 2.50 bits per heavy atom. The molecule has 2 N–H and O–H groups in total.